The Bertz CT molecular complexity index is 329. The van der Waals surface area contributed by atoms with Crippen LogP contribution in [-0.4, -0.2) is 42.8 Å². The highest BCUT2D eigenvalue weighted by Gasteiger charge is 2.43. The molecule has 1 heterocycles. The predicted molar refractivity (Wildman–Crippen MR) is 82.6 cm³/mol. The predicted octanol–water partition coefficient (Wildman–Crippen LogP) is 2.64. The van der Waals surface area contributed by atoms with Gasteiger partial charge in [-0.25, -0.2) is 0 Å². The van der Waals surface area contributed by atoms with Crippen LogP contribution in [0.1, 0.15) is 52.4 Å². The average molecular weight is 280 g/mol. The van der Waals surface area contributed by atoms with E-state index in [1.807, 2.05) is 0 Å². The fourth-order valence-corrected chi connectivity index (χ4v) is 5.04. The summed E-state index contributed by atoms with van der Waals surface area (Å²) in [7, 11) is 0. The largest absolute Gasteiger partial charge is 0.379 e. The first-order chi connectivity index (χ1) is 9.63. The molecule has 2 bridgehead atoms. The summed E-state index contributed by atoms with van der Waals surface area (Å²) in [5.74, 6) is 2.95. The molecule has 0 aromatic rings. The summed E-state index contributed by atoms with van der Waals surface area (Å²) >= 11 is 0. The summed E-state index contributed by atoms with van der Waals surface area (Å²) in [6.45, 7) is 8.53. The SMILES string of the molecule is CCC(C)(C(N)CC1CC2CCC1C2)N1CCOCC1. The van der Waals surface area contributed by atoms with Crippen molar-refractivity contribution in [1.29, 1.82) is 0 Å². The first-order valence-electron chi connectivity index (χ1n) is 8.72. The topological polar surface area (TPSA) is 38.5 Å². The van der Waals surface area contributed by atoms with Crippen LogP contribution in [0.25, 0.3) is 0 Å². The maximum absolute atomic E-state index is 6.72. The molecular formula is C17H32N2O. The van der Waals surface area contributed by atoms with Crippen LogP contribution in [0, 0.1) is 17.8 Å². The lowest BCUT2D eigenvalue weighted by atomic mass is 9.77. The normalized spacial score (nSPS) is 38.9. The Labute approximate surface area is 124 Å². The molecule has 116 valence electrons. The molecule has 5 unspecified atom stereocenters. The molecule has 5 atom stereocenters. The van der Waals surface area contributed by atoms with E-state index in [4.69, 9.17) is 10.5 Å². The van der Waals surface area contributed by atoms with Gasteiger partial charge in [-0.05, 0) is 56.8 Å². The van der Waals surface area contributed by atoms with Gasteiger partial charge in [-0.2, -0.15) is 0 Å². The van der Waals surface area contributed by atoms with E-state index in [9.17, 15) is 0 Å². The van der Waals surface area contributed by atoms with Crippen LogP contribution in [0.2, 0.25) is 0 Å². The van der Waals surface area contributed by atoms with E-state index in [0.717, 1.165) is 50.5 Å². The zero-order valence-corrected chi connectivity index (χ0v) is 13.3. The van der Waals surface area contributed by atoms with E-state index in [1.54, 1.807) is 0 Å². The van der Waals surface area contributed by atoms with Gasteiger partial charge >= 0.3 is 0 Å². The average Bonchev–Trinajstić information content (AvgIpc) is 3.09. The summed E-state index contributed by atoms with van der Waals surface area (Å²) in [5, 5.41) is 0. The van der Waals surface area contributed by atoms with E-state index >= 15 is 0 Å². The Morgan fingerprint density at radius 3 is 2.55 bits per heavy atom. The van der Waals surface area contributed by atoms with Crippen molar-refractivity contribution < 1.29 is 4.74 Å². The first kappa shape index (κ1) is 14.8. The van der Waals surface area contributed by atoms with Gasteiger partial charge in [-0.15, -0.1) is 0 Å². The molecule has 0 aromatic carbocycles. The molecule has 3 rings (SSSR count). The third-order valence-corrected chi connectivity index (χ3v) is 6.69. The van der Waals surface area contributed by atoms with Crippen molar-refractivity contribution in [2.45, 2.75) is 64.0 Å². The van der Waals surface area contributed by atoms with Crippen molar-refractivity contribution in [3.63, 3.8) is 0 Å². The van der Waals surface area contributed by atoms with Crippen molar-refractivity contribution in [2.75, 3.05) is 26.3 Å². The lowest BCUT2D eigenvalue weighted by Crippen LogP contribution is -2.61. The van der Waals surface area contributed by atoms with Gasteiger partial charge in [0.15, 0.2) is 0 Å². The molecule has 0 spiro atoms. The van der Waals surface area contributed by atoms with E-state index in [1.165, 1.54) is 32.1 Å². The van der Waals surface area contributed by atoms with Crippen LogP contribution in [0.3, 0.4) is 0 Å². The molecule has 2 aliphatic carbocycles. The van der Waals surface area contributed by atoms with Gasteiger partial charge in [0.2, 0.25) is 0 Å². The third kappa shape index (κ3) is 2.65. The summed E-state index contributed by atoms with van der Waals surface area (Å²) < 4.78 is 5.51. The standard InChI is InChI=1S/C17H32N2O/c1-3-17(2,19-6-8-20-9-7-19)16(18)12-15-11-13-4-5-14(15)10-13/h13-16H,3-12,18H2,1-2H3. The number of fused-ring (bicyclic) bond motifs is 2. The van der Waals surface area contributed by atoms with Gasteiger partial charge in [0, 0.05) is 24.7 Å². The van der Waals surface area contributed by atoms with Crippen molar-refractivity contribution in [2.24, 2.45) is 23.5 Å². The number of morpholine rings is 1. The lowest BCUT2D eigenvalue weighted by Gasteiger charge is -2.47. The minimum atomic E-state index is 0.158. The molecule has 2 N–H and O–H groups in total. The quantitative estimate of drug-likeness (QED) is 0.841. The number of hydrogen-bond donors (Lipinski definition) is 1. The summed E-state index contributed by atoms with van der Waals surface area (Å²) in [6.07, 6.45) is 8.31. The van der Waals surface area contributed by atoms with Gasteiger partial charge in [-0.1, -0.05) is 13.3 Å². The number of ether oxygens (including phenoxy) is 1. The molecule has 3 nitrogen and oxygen atoms in total. The second-order valence-electron chi connectivity index (χ2n) is 7.59. The Kier molecular flexibility index (Phi) is 4.40. The Morgan fingerprint density at radius 2 is 2.00 bits per heavy atom. The third-order valence-electron chi connectivity index (χ3n) is 6.69. The molecule has 0 aromatic heterocycles. The smallest absolute Gasteiger partial charge is 0.0594 e. The second-order valence-corrected chi connectivity index (χ2v) is 7.59. The minimum absolute atomic E-state index is 0.158. The maximum Gasteiger partial charge on any atom is 0.0594 e. The van der Waals surface area contributed by atoms with Crippen molar-refractivity contribution in [3.05, 3.63) is 0 Å². The summed E-state index contributed by atoms with van der Waals surface area (Å²) in [4.78, 5) is 2.59. The number of hydrogen-bond acceptors (Lipinski definition) is 3. The van der Waals surface area contributed by atoms with E-state index in [-0.39, 0.29) is 5.54 Å². The van der Waals surface area contributed by atoms with E-state index in [0.29, 0.717) is 6.04 Å². The highest BCUT2D eigenvalue weighted by molar-refractivity contribution is 4.99. The van der Waals surface area contributed by atoms with Crippen LogP contribution < -0.4 is 5.73 Å². The lowest BCUT2D eigenvalue weighted by molar-refractivity contribution is -0.0309. The molecule has 3 fully saturated rings. The van der Waals surface area contributed by atoms with Gasteiger partial charge in [-0.3, -0.25) is 4.90 Å². The van der Waals surface area contributed by atoms with Crippen LogP contribution in [0.15, 0.2) is 0 Å². The maximum atomic E-state index is 6.72. The Morgan fingerprint density at radius 1 is 1.25 bits per heavy atom. The van der Waals surface area contributed by atoms with E-state index < -0.39 is 0 Å². The molecule has 0 radical (unpaired) electrons. The highest BCUT2D eigenvalue weighted by atomic mass is 16.5. The molecule has 0 amide bonds. The van der Waals surface area contributed by atoms with Crippen molar-refractivity contribution in [1.82, 2.24) is 4.90 Å². The first-order valence-corrected chi connectivity index (χ1v) is 8.72. The molecule has 1 aliphatic heterocycles. The molecule has 20 heavy (non-hydrogen) atoms. The zero-order valence-electron chi connectivity index (χ0n) is 13.3. The van der Waals surface area contributed by atoms with Gasteiger partial charge in [0.1, 0.15) is 0 Å². The van der Waals surface area contributed by atoms with Gasteiger partial charge in [0.05, 0.1) is 13.2 Å². The van der Waals surface area contributed by atoms with Gasteiger partial charge in [0.25, 0.3) is 0 Å². The monoisotopic (exact) mass is 280 g/mol. The Balaban J connectivity index is 1.62. The molecule has 3 aliphatic rings. The van der Waals surface area contributed by atoms with Crippen LogP contribution >= 0.6 is 0 Å². The fourth-order valence-electron chi connectivity index (χ4n) is 5.04. The fraction of sp³-hybridized carbons (Fsp3) is 1.00. The Hall–Kier alpha value is -0.120. The number of nitrogens with zero attached hydrogens (tertiary/aromatic N) is 1. The molecular weight excluding hydrogens is 248 g/mol. The van der Waals surface area contributed by atoms with Crippen LogP contribution in [0.4, 0.5) is 0 Å². The van der Waals surface area contributed by atoms with Crippen LogP contribution in [-0.2, 0) is 4.74 Å². The number of nitrogens with two attached hydrogens (primary N) is 1. The van der Waals surface area contributed by atoms with E-state index in [2.05, 4.69) is 18.7 Å². The minimum Gasteiger partial charge on any atom is -0.379 e. The number of rotatable bonds is 5. The second kappa shape index (κ2) is 5.94. The summed E-state index contributed by atoms with van der Waals surface area (Å²) in [6, 6.07) is 0.315. The zero-order chi connectivity index (χ0) is 14.2. The molecule has 3 heteroatoms. The highest BCUT2D eigenvalue weighted by Crippen LogP contribution is 2.50. The van der Waals surface area contributed by atoms with Crippen LogP contribution in [0.5, 0.6) is 0 Å². The van der Waals surface area contributed by atoms with Crippen molar-refractivity contribution in [3.8, 4) is 0 Å². The molecule has 1 saturated heterocycles. The molecule has 2 saturated carbocycles. The van der Waals surface area contributed by atoms with Crippen molar-refractivity contribution >= 4 is 0 Å². The van der Waals surface area contributed by atoms with Gasteiger partial charge < -0.3 is 10.5 Å². The summed E-state index contributed by atoms with van der Waals surface area (Å²) in [5.41, 5.74) is 6.88.